The van der Waals surface area contributed by atoms with Crippen molar-refractivity contribution in [2.75, 3.05) is 31.1 Å². The van der Waals surface area contributed by atoms with Gasteiger partial charge in [-0.05, 0) is 48.7 Å². The molecule has 0 spiro atoms. The van der Waals surface area contributed by atoms with E-state index in [4.69, 9.17) is 0 Å². The Labute approximate surface area is 157 Å². The molecular formula is C22H22FN3O. The number of aromatic nitrogens is 1. The van der Waals surface area contributed by atoms with Crippen molar-refractivity contribution in [1.82, 2.24) is 9.88 Å². The zero-order valence-electron chi connectivity index (χ0n) is 15.1. The molecule has 0 unspecified atom stereocenters. The van der Waals surface area contributed by atoms with Gasteiger partial charge in [0.25, 0.3) is 0 Å². The van der Waals surface area contributed by atoms with Gasteiger partial charge in [-0.2, -0.15) is 0 Å². The van der Waals surface area contributed by atoms with Crippen LogP contribution in [0, 0.1) is 5.82 Å². The second kappa shape index (κ2) is 6.12. The summed E-state index contributed by atoms with van der Waals surface area (Å²) in [5.41, 5.74) is 2.90. The number of nitrogens with zero attached hydrogens (tertiary/aromatic N) is 2. The van der Waals surface area contributed by atoms with E-state index in [-0.39, 0.29) is 17.1 Å². The predicted octanol–water partition coefficient (Wildman–Crippen LogP) is 3.69. The summed E-state index contributed by atoms with van der Waals surface area (Å²) in [5.74, 6) is 0.0352. The lowest BCUT2D eigenvalue weighted by molar-refractivity contribution is -0.134. The Morgan fingerprint density at radius 3 is 2.37 bits per heavy atom. The first-order valence-electron chi connectivity index (χ1n) is 9.54. The van der Waals surface area contributed by atoms with Crippen LogP contribution in [-0.2, 0) is 10.2 Å². The standard InChI is InChI=1S/C22H22FN3O/c23-16-5-7-17(8-6-16)25-11-13-26(14-12-25)21(27)22(9-10-22)19-15-24-20-4-2-1-3-18(19)20/h1-8,15,24H,9-14H2. The van der Waals surface area contributed by atoms with Crippen LogP contribution in [0.1, 0.15) is 18.4 Å². The average molecular weight is 363 g/mol. The van der Waals surface area contributed by atoms with Crippen LogP contribution in [0.15, 0.2) is 54.7 Å². The summed E-state index contributed by atoms with van der Waals surface area (Å²) in [6, 6.07) is 14.8. The van der Waals surface area contributed by atoms with Crippen LogP contribution in [0.4, 0.5) is 10.1 Å². The molecule has 2 aliphatic rings. The molecule has 4 nitrogen and oxygen atoms in total. The van der Waals surface area contributed by atoms with Crippen LogP contribution >= 0.6 is 0 Å². The van der Waals surface area contributed by atoms with Crippen molar-refractivity contribution in [2.45, 2.75) is 18.3 Å². The van der Waals surface area contributed by atoms with Crippen molar-refractivity contribution >= 4 is 22.5 Å². The first-order chi connectivity index (χ1) is 13.2. The second-order valence-corrected chi connectivity index (χ2v) is 7.59. The third-order valence-electron chi connectivity index (χ3n) is 6.02. The molecule has 5 rings (SSSR count). The third kappa shape index (κ3) is 2.69. The van der Waals surface area contributed by atoms with Gasteiger partial charge in [-0.1, -0.05) is 18.2 Å². The number of para-hydroxylation sites is 1. The number of anilines is 1. The summed E-state index contributed by atoms with van der Waals surface area (Å²) in [4.78, 5) is 20.9. The Hall–Kier alpha value is -2.82. The summed E-state index contributed by atoms with van der Waals surface area (Å²) in [6.07, 6.45) is 3.86. The molecule has 1 amide bonds. The van der Waals surface area contributed by atoms with Gasteiger partial charge in [0.1, 0.15) is 5.82 Å². The van der Waals surface area contributed by atoms with E-state index in [0.29, 0.717) is 13.1 Å². The van der Waals surface area contributed by atoms with E-state index in [1.165, 1.54) is 12.1 Å². The second-order valence-electron chi connectivity index (χ2n) is 7.59. The maximum atomic E-state index is 13.4. The van der Waals surface area contributed by atoms with Gasteiger partial charge in [-0.15, -0.1) is 0 Å². The third-order valence-corrected chi connectivity index (χ3v) is 6.02. The number of carbonyl (C=O) groups excluding carboxylic acids is 1. The smallest absolute Gasteiger partial charge is 0.233 e. The number of benzene rings is 2. The molecule has 0 bridgehead atoms. The van der Waals surface area contributed by atoms with Gasteiger partial charge in [0, 0.05) is 49.0 Å². The number of fused-ring (bicyclic) bond motifs is 1. The van der Waals surface area contributed by atoms with E-state index in [0.717, 1.165) is 48.1 Å². The van der Waals surface area contributed by atoms with Gasteiger partial charge in [0.15, 0.2) is 0 Å². The van der Waals surface area contributed by atoms with E-state index in [1.807, 2.05) is 23.2 Å². The summed E-state index contributed by atoms with van der Waals surface area (Å²) < 4.78 is 13.1. The Balaban J connectivity index is 1.33. The normalized spacial score (nSPS) is 18.7. The van der Waals surface area contributed by atoms with Gasteiger partial charge >= 0.3 is 0 Å². The van der Waals surface area contributed by atoms with Crippen LogP contribution in [0.3, 0.4) is 0 Å². The maximum Gasteiger partial charge on any atom is 0.233 e. The summed E-state index contributed by atoms with van der Waals surface area (Å²) in [7, 11) is 0. The van der Waals surface area contributed by atoms with Crippen LogP contribution in [0.25, 0.3) is 10.9 Å². The molecule has 27 heavy (non-hydrogen) atoms. The minimum Gasteiger partial charge on any atom is -0.368 e. The predicted molar refractivity (Wildman–Crippen MR) is 104 cm³/mol. The Kier molecular flexibility index (Phi) is 3.71. The maximum absolute atomic E-state index is 13.4. The van der Waals surface area contributed by atoms with Crippen molar-refractivity contribution in [3.63, 3.8) is 0 Å². The summed E-state index contributed by atoms with van der Waals surface area (Å²) in [5, 5.41) is 1.16. The number of nitrogens with one attached hydrogen (secondary N) is 1. The molecule has 1 aliphatic carbocycles. The molecule has 1 aliphatic heterocycles. The molecule has 138 valence electrons. The molecule has 0 radical (unpaired) electrons. The molecule has 1 N–H and O–H groups in total. The lowest BCUT2D eigenvalue weighted by Gasteiger charge is -2.37. The minimum absolute atomic E-state index is 0.220. The molecule has 5 heteroatoms. The monoisotopic (exact) mass is 363 g/mol. The lowest BCUT2D eigenvalue weighted by Crippen LogP contribution is -2.51. The number of carbonyl (C=O) groups is 1. The number of amides is 1. The summed E-state index contributed by atoms with van der Waals surface area (Å²) in [6.45, 7) is 2.98. The SMILES string of the molecule is O=C(N1CCN(c2ccc(F)cc2)CC1)C1(c2c[nH]c3ccccc23)CC1. The molecule has 2 aromatic carbocycles. The van der Waals surface area contributed by atoms with Gasteiger partial charge in [0.2, 0.25) is 5.91 Å². The average Bonchev–Trinajstić information content (AvgIpc) is 3.40. The van der Waals surface area contributed by atoms with Gasteiger partial charge < -0.3 is 14.8 Å². The highest BCUT2D eigenvalue weighted by molar-refractivity contribution is 5.97. The van der Waals surface area contributed by atoms with E-state index >= 15 is 0 Å². The molecule has 1 saturated heterocycles. The fourth-order valence-corrected chi connectivity index (χ4v) is 4.31. The molecule has 1 aromatic heterocycles. The lowest BCUT2D eigenvalue weighted by atomic mass is 9.93. The Bertz CT molecular complexity index is 982. The first-order valence-corrected chi connectivity index (χ1v) is 9.54. The molecule has 2 heterocycles. The number of aromatic amines is 1. The molecule has 2 fully saturated rings. The molecule has 3 aromatic rings. The highest BCUT2D eigenvalue weighted by atomic mass is 19.1. The fourth-order valence-electron chi connectivity index (χ4n) is 4.31. The Morgan fingerprint density at radius 1 is 0.963 bits per heavy atom. The number of hydrogen-bond acceptors (Lipinski definition) is 2. The highest BCUT2D eigenvalue weighted by Gasteiger charge is 2.54. The number of halogens is 1. The van der Waals surface area contributed by atoms with Gasteiger partial charge in [0.05, 0.1) is 5.41 Å². The van der Waals surface area contributed by atoms with E-state index in [9.17, 15) is 9.18 Å². The van der Waals surface area contributed by atoms with Gasteiger partial charge in [-0.3, -0.25) is 4.79 Å². The number of piperazine rings is 1. The highest BCUT2D eigenvalue weighted by Crippen LogP contribution is 2.51. The Morgan fingerprint density at radius 2 is 1.67 bits per heavy atom. The quantitative estimate of drug-likeness (QED) is 0.771. The molecule has 1 saturated carbocycles. The van der Waals surface area contributed by atoms with Crippen molar-refractivity contribution in [2.24, 2.45) is 0 Å². The van der Waals surface area contributed by atoms with Crippen LogP contribution in [0.5, 0.6) is 0 Å². The van der Waals surface area contributed by atoms with Crippen molar-refractivity contribution in [1.29, 1.82) is 0 Å². The zero-order valence-corrected chi connectivity index (χ0v) is 15.1. The number of rotatable bonds is 3. The van der Waals surface area contributed by atoms with Gasteiger partial charge in [-0.25, -0.2) is 4.39 Å². The minimum atomic E-state index is -0.350. The van der Waals surface area contributed by atoms with Crippen LogP contribution < -0.4 is 4.90 Å². The fraction of sp³-hybridized carbons (Fsp3) is 0.318. The summed E-state index contributed by atoms with van der Waals surface area (Å²) >= 11 is 0. The van der Waals surface area contributed by atoms with Crippen molar-refractivity contribution < 1.29 is 9.18 Å². The number of hydrogen-bond donors (Lipinski definition) is 1. The molecular weight excluding hydrogens is 341 g/mol. The van der Waals surface area contributed by atoms with E-state index in [2.05, 4.69) is 22.0 Å². The van der Waals surface area contributed by atoms with Crippen LogP contribution in [0.2, 0.25) is 0 Å². The van der Waals surface area contributed by atoms with E-state index in [1.54, 1.807) is 12.1 Å². The van der Waals surface area contributed by atoms with Crippen molar-refractivity contribution in [3.05, 3.63) is 66.1 Å². The van der Waals surface area contributed by atoms with E-state index < -0.39 is 0 Å². The largest absolute Gasteiger partial charge is 0.368 e. The number of H-pyrrole nitrogens is 1. The first kappa shape index (κ1) is 16.4. The van der Waals surface area contributed by atoms with Crippen LogP contribution in [-0.4, -0.2) is 42.0 Å². The zero-order chi connectivity index (χ0) is 18.4. The topological polar surface area (TPSA) is 39.3 Å². The van der Waals surface area contributed by atoms with Crippen molar-refractivity contribution in [3.8, 4) is 0 Å². The molecule has 0 atom stereocenters.